The summed E-state index contributed by atoms with van der Waals surface area (Å²) in [6, 6.07) is 11.3. The predicted molar refractivity (Wildman–Crippen MR) is 76.8 cm³/mol. The quantitative estimate of drug-likeness (QED) is 0.604. The Hall–Kier alpha value is -0.900. The topological polar surface area (TPSA) is 22.1 Å². The van der Waals surface area contributed by atoms with Gasteiger partial charge in [0.25, 0.3) is 0 Å². The summed E-state index contributed by atoms with van der Waals surface area (Å²) in [4.78, 5) is 5.27. The Morgan fingerprint density at radius 1 is 1.17 bits per heavy atom. The summed E-state index contributed by atoms with van der Waals surface area (Å²) in [6.45, 7) is 0. The molecule has 5 heteroatoms. The van der Waals surface area contributed by atoms with E-state index in [4.69, 9.17) is 27.9 Å². The molecule has 0 saturated heterocycles. The Bertz CT molecular complexity index is 548. The van der Waals surface area contributed by atoms with E-state index in [-0.39, 0.29) is 0 Å². The lowest BCUT2D eigenvalue weighted by Crippen LogP contribution is -1.90. The van der Waals surface area contributed by atoms with Gasteiger partial charge in [0, 0.05) is 10.6 Å². The van der Waals surface area contributed by atoms with Crippen molar-refractivity contribution in [1.29, 1.82) is 0 Å². The van der Waals surface area contributed by atoms with E-state index >= 15 is 0 Å². The summed E-state index contributed by atoms with van der Waals surface area (Å²) < 4.78 is 5.29. The van der Waals surface area contributed by atoms with Crippen LogP contribution in [0.5, 0.6) is 5.75 Å². The third-order valence-electron chi connectivity index (χ3n) is 2.32. The van der Waals surface area contributed by atoms with Crippen LogP contribution in [-0.2, 0) is 5.75 Å². The fourth-order valence-electron chi connectivity index (χ4n) is 1.44. The maximum absolute atomic E-state index is 6.07. The minimum atomic E-state index is 0.454. The molecular formula is C13H11Cl2NOS. The van der Waals surface area contributed by atoms with Crippen LogP contribution in [0.1, 0.15) is 5.69 Å². The van der Waals surface area contributed by atoms with Crippen molar-refractivity contribution >= 4 is 35.0 Å². The lowest BCUT2D eigenvalue weighted by Gasteiger charge is -2.08. The lowest BCUT2D eigenvalue weighted by molar-refractivity contribution is 0.405. The van der Waals surface area contributed by atoms with Crippen molar-refractivity contribution in [1.82, 2.24) is 4.98 Å². The van der Waals surface area contributed by atoms with Gasteiger partial charge in [-0.1, -0.05) is 35.3 Å². The van der Waals surface area contributed by atoms with E-state index in [0.717, 1.165) is 16.3 Å². The van der Waals surface area contributed by atoms with Crippen LogP contribution in [0.15, 0.2) is 41.3 Å². The third-order valence-corrected chi connectivity index (χ3v) is 3.94. The van der Waals surface area contributed by atoms with Gasteiger partial charge >= 0.3 is 0 Å². The number of rotatable bonds is 4. The van der Waals surface area contributed by atoms with Gasteiger partial charge in [0.05, 0.1) is 17.8 Å². The van der Waals surface area contributed by atoms with E-state index in [2.05, 4.69) is 4.98 Å². The first kappa shape index (κ1) is 13.5. The number of thioether (sulfide) groups is 1. The van der Waals surface area contributed by atoms with Gasteiger partial charge in [-0.3, -0.25) is 0 Å². The second kappa shape index (κ2) is 6.32. The third kappa shape index (κ3) is 3.31. The van der Waals surface area contributed by atoms with E-state index in [1.807, 2.05) is 24.3 Å². The predicted octanol–water partition coefficient (Wildman–Crippen LogP) is 4.69. The van der Waals surface area contributed by atoms with Gasteiger partial charge in [-0.15, -0.1) is 11.8 Å². The van der Waals surface area contributed by atoms with E-state index in [1.54, 1.807) is 31.0 Å². The Morgan fingerprint density at radius 2 is 1.94 bits per heavy atom. The Balaban J connectivity index is 2.14. The van der Waals surface area contributed by atoms with Crippen molar-refractivity contribution in [2.75, 3.05) is 7.11 Å². The summed E-state index contributed by atoms with van der Waals surface area (Å²) in [5.74, 6) is 1.50. The molecule has 0 aliphatic rings. The fraction of sp³-hybridized carbons (Fsp3) is 0.154. The smallest absolute Gasteiger partial charge is 0.132 e. The van der Waals surface area contributed by atoms with Gasteiger partial charge in [0.15, 0.2) is 0 Å². The molecule has 0 atom stereocenters. The van der Waals surface area contributed by atoms with Crippen molar-refractivity contribution in [3.8, 4) is 5.75 Å². The summed E-state index contributed by atoms with van der Waals surface area (Å²) in [5.41, 5.74) is 0.778. The maximum Gasteiger partial charge on any atom is 0.132 e. The molecule has 0 spiro atoms. The number of aromatic nitrogens is 1. The average molecular weight is 300 g/mol. The molecule has 0 bridgehead atoms. The van der Waals surface area contributed by atoms with Gasteiger partial charge in [0.1, 0.15) is 10.9 Å². The van der Waals surface area contributed by atoms with Crippen molar-refractivity contribution < 1.29 is 4.74 Å². The molecule has 18 heavy (non-hydrogen) atoms. The van der Waals surface area contributed by atoms with Crippen LogP contribution in [0.2, 0.25) is 10.2 Å². The van der Waals surface area contributed by atoms with Crippen LogP contribution in [0.4, 0.5) is 0 Å². The summed E-state index contributed by atoms with van der Waals surface area (Å²) in [5, 5.41) is 1.08. The van der Waals surface area contributed by atoms with Gasteiger partial charge in [-0.2, -0.15) is 0 Å². The zero-order valence-corrected chi connectivity index (χ0v) is 12.0. The van der Waals surface area contributed by atoms with Gasteiger partial charge in [-0.05, 0) is 24.3 Å². The second-order valence-corrected chi connectivity index (χ2v) is 5.31. The van der Waals surface area contributed by atoms with E-state index < -0.39 is 0 Å². The molecular weight excluding hydrogens is 289 g/mol. The minimum absolute atomic E-state index is 0.454. The molecule has 0 N–H and O–H groups in total. The van der Waals surface area contributed by atoms with Crippen molar-refractivity contribution in [2.45, 2.75) is 10.6 Å². The number of halogens is 2. The van der Waals surface area contributed by atoms with E-state index in [0.29, 0.717) is 15.9 Å². The number of para-hydroxylation sites is 1. The van der Waals surface area contributed by atoms with Crippen molar-refractivity contribution in [2.24, 2.45) is 0 Å². The number of hydrogen-bond donors (Lipinski definition) is 0. The maximum atomic E-state index is 6.07. The number of hydrogen-bond acceptors (Lipinski definition) is 3. The monoisotopic (exact) mass is 299 g/mol. The van der Waals surface area contributed by atoms with E-state index in [1.165, 1.54) is 0 Å². The SMILES string of the molecule is COc1ccccc1SCc1nc(Cl)ccc1Cl. The van der Waals surface area contributed by atoms with Gasteiger partial charge < -0.3 is 4.74 Å². The normalized spacial score (nSPS) is 10.4. The zero-order chi connectivity index (χ0) is 13.0. The van der Waals surface area contributed by atoms with Crippen LogP contribution in [0.3, 0.4) is 0 Å². The zero-order valence-electron chi connectivity index (χ0n) is 9.69. The first-order valence-corrected chi connectivity index (χ1v) is 7.01. The number of methoxy groups -OCH3 is 1. The molecule has 0 unspecified atom stereocenters. The van der Waals surface area contributed by atoms with Crippen molar-refractivity contribution in [3.63, 3.8) is 0 Å². The molecule has 0 radical (unpaired) electrons. The largest absolute Gasteiger partial charge is 0.496 e. The highest BCUT2D eigenvalue weighted by Gasteiger charge is 2.07. The van der Waals surface area contributed by atoms with Crippen molar-refractivity contribution in [3.05, 3.63) is 52.3 Å². The molecule has 1 heterocycles. The van der Waals surface area contributed by atoms with Gasteiger partial charge in [-0.25, -0.2) is 4.98 Å². The summed E-state index contributed by atoms with van der Waals surface area (Å²) >= 11 is 13.5. The number of pyridine rings is 1. The molecule has 2 nitrogen and oxygen atoms in total. The van der Waals surface area contributed by atoms with Gasteiger partial charge in [0.2, 0.25) is 0 Å². The molecule has 0 saturated carbocycles. The Labute approximate surface area is 120 Å². The lowest BCUT2D eigenvalue weighted by atomic mass is 10.3. The Morgan fingerprint density at radius 3 is 2.72 bits per heavy atom. The number of ether oxygens (including phenoxy) is 1. The molecule has 0 aliphatic heterocycles. The standard InChI is InChI=1S/C13H11Cl2NOS/c1-17-11-4-2-3-5-12(11)18-8-10-9(14)6-7-13(15)16-10/h2-7H,8H2,1H3. The molecule has 0 fully saturated rings. The molecule has 2 aromatic rings. The fourth-order valence-corrected chi connectivity index (χ4v) is 2.84. The molecule has 1 aromatic heterocycles. The highest BCUT2D eigenvalue weighted by atomic mass is 35.5. The second-order valence-electron chi connectivity index (χ2n) is 3.50. The molecule has 1 aromatic carbocycles. The van der Waals surface area contributed by atoms with Crippen LogP contribution < -0.4 is 4.74 Å². The summed E-state index contributed by atoms with van der Waals surface area (Å²) in [6.07, 6.45) is 0. The van der Waals surface area contributed by atoms with E-state index in [9.17, 15) is 0 Å². The van der Waals surface area contributed by atoms with Crippen LogP contribution in [0, 0.1) is 0 Å². The first-order chi connectivity index (χ1) is 8.70. The first-order valence-electron chi connectivity index (χ1n) is 5.27. The minimum Gasteiger partial charge on any atom is -0.496 e. The molecule has 0 amide bonds. The molecule has 94 valence electrons. The highest BCUT2D eigenvalue weighted by Crippen LogP contribution is 2.32. The number of benzene rings is 1. The molecule has 2 rings (SSSR count). The highest BCUT2D eigenvalue weighted by molar-refractivity contribution is 7.98. The number of nitrogens with zero attached hydrogens (tertiary/aromatic N) is 1. The summed E-state index contributed by atoms with van der Waals surface area (Å²) in [7, 11) is 1.66. The Kier molecular flexibility index (Phi) is 4.75. The average Bonchev–Trinajstić information content (AvgIpc) is 2.40. The van der Waals surface area contributed by atoms with Crippen LogP contribution in [-0.4, -0.2) is 12.1 Å². The van der Waals surface area contributed by atoms with Crippen LogP contribution >= 0.6 is 35.0 Å². The molecule has 0 aliphatic carbocycles. The van der Waals surface area contributed by atoms with Crippen LogP contribution in [0.25, 0.3) is 0 Å².